The van der Waals surface area contributed by atoms with Gasteiger partial charge >= 0.3 is 0 Å². The second-order valence-electron chi connectivity index (χ2n) is 2.86. The number of aryl methyl sites for hydroxylation is 2. The van der Waals surface area contributed by atoms with Crippen molar-refractivity contribution in [3.8, 4) is 0 Å². The van der Waals surface area contributed by atoms with E-state index in [4.69, 9.17) is 4.42 Å². The number of fused-ring (bicyclic) bond motifs is 1. The largest absolute Gasteiger partial charge is 0.462 e. The van der Waals surface area contributed by atoms with E-state index in [1.165, 1.54) is 6.07 Å². The van der Waals surface area contributed by atoms with Gasteiger partial charge in [-0.3, -0.25) is 0 Å². The fraction of sp³-hybridized carbons (Fsp3) is 0.364. The predicted molar refractivity (Wildman–Crippen MR) is 54.8 cm³/mol. The van der Waals surface area contributed by atoms with Gasteiger partial charge in [0.2, 0.25) is 5.95 Å². The molecular formula is C11H14FNO. The van der Waals surface area contributed by atoms with E-state index in [1.54, 1.807) is 13.2 Å². The molecule has 14 heavy (non-hydrogen) atoms. The van der Waals surface area contributed by atoms with E-state index in [2.05, 4.69) is 4.98 Å². The lowest BCUT2D eigenvalue weighted by Gasteiger charge is -1.94. The molecule has 0 saturated carbocycles. The molecule has 76 valence electrons. The average Bonchev–Trinajstić information content (AvgIpc) is 2.52. The van der Waals surface area contributed by atoms with Crippen LogP contribution in [0.5, 0.6) is 0 Å². The molecular weight excluding hydrogens is 181 g/mol. The van der Waals surface area contributed by atoms with Gasteiger partial charge in [-0.05, 0) is 25.5 Å². The number of halogens is 1. The number of rotatable bonds is 0. The molecule has 2 aromatic heterocycles. The van der Waals surface area contributed by atoms with E-state index >= 15 is 0 Å². The van der Waals surface area contributed by atoms with Crippen LogP contribution in [0.15, 0.2) is 16.7 Å². The molecule has 0 N–H and O–H groups in total. The van der Waals surface area contributed by atoms with Crippen molar-refractivity contribution in [2.75, 3.05) is 0 Å². The van der Waals surface area contributed by atoms with Gasteiger partial charge in [0, 0.05) is 5.56 Å². The Labute approximate surface area is 82.8 Å². The molecule has 0 unspecified atom stereocenters. The Bertz CT molecular complexity index is 434. The number of hydrogen-bond donors (Lipinski definition) is 0. The molecule has 0 atom stereocenters. The van der Waals surface area contributed by atoms with E-state index in [0.717, 1.165) is 11.1 Å². The van der Waals surface area contributed by atoms with Crippen LogP contribution in [0, 0.1) is 19.8 Å². The number of furan rings is 1. The van der Waals surface area contributed by atoms with Crippen molar-refractivity contribution in [1.82, 2.24) is 4.98 Å². The third kappa shape index (κ3) is 1.76. The normalized spacial score (nSPS) is 9.79. The van der Waals surface area contributed by atoms with Crippen molar-refractivity contribution in [2.45, 2.75) is 27.7 Å². The van der Waals surface area contributed by atoms with Crippen molar-refractivity contribution in [2.24, 2.45) is 0 Å². The predicted octanol–water partition coefficient (Wildman–Crippen LogP) is 3.61. The summed E-state index contributed by atoms with van der Waals surface area (Å²) in [4.78, 5) is 3.74. The fourth-order valence-corrected chi connectivity index (χ4v) is 1.24. The molecule has 3 heteroatoms. The van der Waals surface area contributed by atoms with Crippen LogP contribution < -0.4 is 0 Å². The molecule has 0 amide bonds. The second kappa shape index (κ2) is 4.22. The third-order valence-corrected chi connectivity index (χ3v) is 1.85. The Balaban J connectivity index is 0.000000461. The van der Waals surface area contributed by atoms with E-state index < -0.39 is 5.95 Å². The highest BCUT2D eigenvalue weighted by Gasteiger charge is 2.07. The lowest BCUT2D eigenvalue weighted by Crippen LogP contribution is -1.85. The summed E-state index contributed by atoms with van der Waals surface area (Å²) in [7, 11) is 0. The highest BCUT2D eigenvalue weighted by molar-refractivity contribution is 5.78. The monoisotopic (exact) mass is 195 g/mol. The van der Waals surface area contributed by atoms with Gasteiger partial charge in [-0.1, -0.05) is 13.8 Å². The Kier molecular flexibility index (Phi) is 3.23. The van der Waals surface area contributed by atoms with Gasteiger partial charge in [0.05, 0.1) is 6.26 Å². The Morgan fingerprint density at radius 2 is 1.86 bits per heavy atom. The van der Waals surface area contributed by atoms with Gasteiger partial charge in [-0.2, -0.15) is 4.39 Å². The number of pyridine rings is 1. The van der Waals surface area contributed by atoms with Crippen molar-refractivity contribution in [3.63, 3.8) is 0 Å². The molecule has 0 saturated heterocycles. The van der Waals surface area contributed by atoms with Gasteiger partial charge in [-0.15, -0.1) is 0 Å². The first-order valence-electron chi connectivity index (χ1n) is 4.69. The van der Waals surface area contributed by atoms with Gasteiger partial charge in [0.25, 0.3) is 0 Å². The quantitative estimate of drug-likeness (QED) is 0.600. The molecule has 2 aromatic rings. The van der Waals surface area contributed by atoms with Crippen molar-refractivity contribution >= 4 is 11.1 Å². The zero-order chi connectivity index (χ0) is 10.7. The molecule has 0 fully saturated rings. The number of hydrogen-bond acceptors (Lipinski definition) is 2. The SMILES string of the molecule is CC.Cc1coc2c(C)cc(F)nc12. The smallest absolute Gasteiger partial charge is 0.213 e. The van der Waals surface area contributed by atoms with E-state index in [1.807, 2.05) is 20.8 Å². The molecule has 0 radical (unpaired) electrons. The van der Waals surface area contributed by atoms with Gasteiger partial charge in [0.1, 0.15) is 5.52 Å². The molecule has 0 aromatic carbocycles. The van der Waals surface area contributed by atoms with Crippen LogP contribution in [0.3, 0.4) is 0 Å². The van der Waals surface area contributed by atoms with E-state index in [-0.39, 0.29) is 0 Å². The molecule has 0 spiro atoms. The zero-order valence-corrected chi connectivity index (χ0v) is 8.89. The van der Waals surface area contributed by atoms with Crippen LogP contribution in [0.4, 0.5) is 4.39 Å². The maximum atomic E-state index is 12.8. The minimum atomic E-state index is -0.454. The summed E-state index contributed by atoms with van der Waals surface area (Å²) in [6, 6.07) is 1.37. The van der Waals surface area contributed by atoms with Crippen LogP contribution in [-0.4, -0.2) is 4.98 Å². The minimum Gasteiger partial charge on any atom is -0.462 e. The Morgan fingerprint density at radius 1 is 1.21 bits per heavy atom. The standard InChI is InChI=1S/C9H8FNO.C2H6/c1-5-3-7(10)11-8-6(2)4-12-9(5)8;1-2/h3-4H,1-2H3;1-2H3. The summed E-state index contributed by atoms with van der Waals surface area (Å²) >= 11 is 0. The molecule has 0 aliphatic carbocycles. The molecule has 0 bridgehead atoms. The molecule has 2 nitrogen and oxygen atoms in total. The first-order chi connectivity index (χ1) is 6.68. The first kappa shape index (κ1) is 10.7. The van der Waals surface area contributed by atoms with Crippen LogP contribution >= 0.6 is 0 Å². The van der Waals surface area contributed by atoms with Gasteiger partial charge in [-0.25, -0.2) is 4.98 Å². The molecule has 0 aliphatic heterocycles. The highest BCUT2D eigenvalue weighted by atomic mass is 19.1. The molecule has 2 rings (SSSR count). The van der Waals surface area contributed by atoms with Crippen LogP contribution in [-0.2, 0) is 0 Å². The van der Waals surface area contributed by atoms with Crippen molar-refractivity contribution in [1.29, 1.82) is 0 Å². The highest BCUT2D eigenvalue weighted by Crippen LogP contribution is 2.21. The summed E-state index contributed by atoms with van der Waals surface area (Å²) in [6.45, 7) is 7.65. The van der Waals surface area contributed by atoms with Gasteiger partial charge in [0.15, 0.2) is 5.58 Å². The van der Waals surface area contributed by atoms with Gasteiger partial charge < -0.3 is 4.42 Å². The Morgan fingerprint density at radius 3 is 2.50 bits per heavy atom. The summed E-state index contributed by atoms with van der Waals surface area (Å²) in [5, 5.41) is 0. The summed E-state index contributed by atoms with van der Waals surface area (Å²) in [5.41, 5.74) is 2.94. The van der Waals surface area contributed by atoms with Crippen molar-refractivity contribution < 1.29 is 8.81 Å². The third-order valence-electron chi connectivity index (χ3n) is 1.85. The maximum Gasteiger partial charge on any atom is 0.213 e. The minimum absolute atomic E-state index is 0.454. The van der Waals surface area contributed by atoms with Crippen LogP contribution in [0.2, 0.25) is 0 Å². The topological polar surface area (TPSA) is 26.0 Å². The number of aromatic nitrogens is 1. The molecule has 2 heterocycles. The first-order valence-corrected chi connectivity index (χ1v) is 4.69. The summed E-state index contributed by atoms with van der Waals surface area (Å²) in [5.74, 6) is -0.454. The van der Waals surface area contributed by atoms with Crippen LogP contribution in [0.25, 0.3) is 11.1 Å². The Hall–Kier alpha value is -1.38. The average molecular weight is 195 g/mol. The molecule has 0 aliphatic rings. The fourth-order valence-electron chi connectivity index (χ4n) is 1.24. The summed E-state index contributed by atoms with van der Waals surface area (Å²) < 4.78 is 18.0. The van der Waals surface area contributed by atoms with E-state index in [9.17, 15) is 4.39 Å². The lowest BCUT2D eigenvalue weighted by atomic mass is 10.2. The summed E-state index contributed by atoms with van der Waals surface area (Å²) in [6.07, 6.45) is 1.59. The zero-order valence-electron chi connectivity index (χ0n) is 8.89. The second-order valence-corrected chi connectivity index (χ2v) is 2.86. The lowest BCUT2D eigenvalue weighted by molar-refractivity contribution is 0.580. The van der Waals surface area contributed by atoms with Crippen LogP contribution in [0.1, 0.15) is 25.0 Å². The maximum absolute atomic E-state index is 12.8. The van der Waals surface area contributed by atoms with E-state index in [0.29, 0.717) is 11.1 Å². The van der Waals surface area contributed by atoms with Crippen molar-refractivity contribution in [3.05, 3.63) is 29.4 Å². The number of nitrogens with zero attached hydrogens (tertiary/aromatic N) is 1.